The molecule has 0 amide bonds. The van der Waals surface area contributed by atoms with E-state index >= 15 is 0 Å². The van der Waals surface area contributed by atoms with E-state index in [9.17, 15) is 5.11 Å². The van der Waals surface area contributed by atoms with Crippen LogP contribution >= 0.6 is 0 Å². The largest absolute Gasteiger partial charge is 0.507 e. The van der Waals surface area contributed by atoms with E-state index < -0.39 is 0 Å². The van der Waals surface area contributed by atoms with Gasteiger partial charge in [0, 0.05) is 16.6 Å². The molecule has 0 unspecified atom stereocenters. The van der Waals surface area contributed by atoms with Crippen molar-refractivity contribution in [3.8, 4) is 5.75 Å². The number of nitrogens with two attached hydrogens (primary N) is 1. The van der Waals surface area contributed by atoms with Crippen molar-refractivity contribution in [1.82, 2.24) is 4.98 Å². The fourth-order valence-electron chi connectivity index (χ4n) is 1.88. The fraction of sp³-hybridized carbons (Fsp3) is 0.273. The number of aromatic amines is 1. The first-order chi connectivity index (χ1) is 6.74. The molecule has 0 aliphatic rings. The third-order valence-electron chi connectivity index (χ3n) is 2.51. The molecule has 3 nitrogen and oxygen atoms in total. The van der Waals surface area contributed by atoms with E-state index in [-0.39, 0.29) is 0 Å². The predicted octanol–water partition coefficient (Wildman–Crippen LogP) is 1.68. The molecule has 2 rings (SSSR count). The van der Waals surface area contributed by atoms with Gasteiger partial charge in [0.15, 0.2) is 0 Å². The first-order valence-electron chi connectivity index (χ1n) is 4.73. The molecule has 4 N–H and O–H groups in total. The van der Waals surface area contributed by atoms with Gasteiger partial charge < -0.3 is 15.8 Å². The van der Waals surface area contributed by atoms with Gasteiger partial charge in [-0.3, -0.25) is 0 Å². The second-order valence-corrected chi connectivity index (χ2v) is 3.47. The molecule has 0 fully saturated rings. The zero-order chi connectivity index (χ0) is 10.1. The van der Waals surface area contributed by atoms with Gasteiger partial charge in [0.2, 0.25) is 0 Å². The van der Waals surface area contributed by atoms with E-state index in [4.69, 9.17) is 5.73 Å². The Balaban J connectivity index is 2.73. The molecule has 0 atom stereocenters. The summed E-state index contributed by atoms with van der Waals surface area (Å²) in [6.45, 7) is 2.60. The molecule has 0 aliphatic heterocycles. The molecule has 0 aliphatic carbocycles. The highest BCUT2D eigenvalue weighted by molar-refractivity contribution is 5.90. The normalized spacial score (nSPS) is 11.0. The number of hydrogen-bond acceptors (Lipinski definition) is 2. The number of rotatable bonds is 2. The molecule has 0 spiro atoms. The Morgan fingerprint density at radius 3 is 2.93 bits per heavy atom. The van der Waals surface area contributed by atoms with E-state index in [1.807, 2.05) is 19.1 Å². The lowest BCUT2D eigenvalue weighted by Crippen LogP contribution is -2.03. The van der Waals surface area contributed by atoms with Crippen LogP contribution in [0.1, 0.15) is 11.3 Å². The molecule has 1 heterocycles. The zero-order valence-corrected chi connectivity index (χ0v) is 8.17. The van der Waals surface area contributed by atoms with E-state index in [0.29, 0.717) is 12.3 Å². The van der Waals surface area contributed by atoms with Crippen molar-refractivity contribution < 1.29 is 5.11 Å². The van der Waals surface area contributed by atoms with Gasteiger partial charge in [0.25, 0.3) is 0 Å². The maximum Gasteiger partial charge on any atom is 0.125 e. The Morgan fingerprint density at radius 2 is 2.21 bits per heavy atom. The van der Waals surface area contributed by atoms with Crippen LogP contribution in [0.5, 0.6) is 5.75 Å². The van der Waals surface area contributed by atoms with Gasteiger partial charge in [-0.1, -0.05) is 6.07 Å². The van der Waals surface area contributed by atoms with Crippen molar-refractivity contribution in [2.24, 2.45) is 5.73 Å². The Labute approximate surface area is 82.6 Å². The quantitative estimate of drug-likeness (QED) is 0.674. The highest BCUT2D eigenvalue weighted by atomic mass is 16.3. The fourth-order valence-corrected chi connectivity index (χ4v) is 1.88. The second kappa shape index (κ2) is 3.35. The number of phenols is 1. The Kier molecular flexibility index (Phi) is 2.17. The van der Waals surface area contributed by atoms with E-state index in [1.165, 1.54) is 0 Å². The van der Waals surface area contributed by atoms with Crippen LogP contribution in [0.25, 0.3) is 10.9 Å². The molecule has 0 saturated heterocycles. The molecule has 1 aromatic carbocycles. The summed E-state index contributed by atoms with van der Waals surface area (Å²) >= 11 is 0. The number of H-pyrrole nitrogens is 1. The van der Waals surface area contributed by atoms with Crippen LogP contribution in [0.4, 0.5) is 0 Å². The van der Waals surface area contributed by atoms with Crippen molar-refractivity contribution >= 4 is 10.9 Å². The molecule has 3 heteroatoms. The first-order valence-corrected chi connectivity index (χ1v) is 4.73. The molecule has 0 radical (unpaired) electrons. The summed E-state index contributed by atoms with van der Waals surface area (Å²) in [6.07, 6.45) is 0.795. The molecule has 0 bridgehead atoms. The van der Waals surface area contributed by atoms with Crippen LogP contribution in [0.2, 0.25) is 0 Å². The monoisotopic (exact) mass is 190 g/mol. The number of hydrogen-bond donors (Lipinski definition) is 3. The third-order valence-corrected chi connectivity index (χ3v) is 2.51. The van der Waals surface area contributed by atoms with Gasteiger partial charge >= 0.3 is 0 Å². The van der Waals surface area contributed by atoms with E-state index in [2.05, 4.69) is 4.98 Å². The third kappa shape index (κ3) is 1.26. The second-order valence-electron chi connectivity index (χ2n) is 3.47. The van der Waals surface area contributed by atoms with E-state index in [0.717, 1.165) is 28.6 Å². The lowest BCUT2D eigenvalue weighted by atomic mass is 10.1. The number of phenolic OH excluding ortho intramolecular Hbond substituents is 1. The number of nitrogens with one attached hydrogen (secondary N) is 1. The number of fused-ring (bicyclic) bond motifs is 1. The molecular weight excluding hydrogens is 176 g/mol. The highest BCUT2D eigenvalue weighted by Crippen LogP contribution is 2.29. The number of aromatic nitrogens is 1. The molecule has 1 aromatic heterocycles. The van der Waals surface area contributed by atoms with Gasteiger partial charge in [-0.05, 0) is 37.6 Å². The minimum absolute atomic E-state index is 0.329. The zero-order valence-electron chi connectivity index (χ0n) is 8.17. The Hall–Kier alpha value is -1.48. The minimum Gasteiger partial charge on any atom is -0.507 e. The smallest absolute Gasteiger partial charge is 0.125 e. The highest BCUT2D eigenvalue weighted by Gasteiger charge is 2.10. The maximum atomic E-state index is 9.73. The SMILES string of the molecule is Cc1[nH]c2cccc(O)c2c1CCN. The number of aryl methyl sites for hydroxylation is 1. The standard InChI is InChI=1S/C11H14N2O/c1-7-8(5-6-12)11-9(13-7)3-2-4-10(11)14/h2-4,13-14H,5-6,12H2,1H3. The summed E-state index contributed by atoms with van der Waals surface area (Å²) in [4.78, 5) is 3.24. The molecule has 0 saturated carbocycles. The average Bonchev–Trinajstić information content (AvgIpc) is 2.45. The van der Waals surface area contributed by atoms with Crippen molar-refractivity contribution in [1.29, 1.82) is 0 Å². The lowest BCUT2D eigenvalue weighted by molar-refractivity contribution is 0.481. The summed E-state index contributed by atoms with van der Waals surface area (Å²) in [5.74, 6) is 0.329. The van der Waals surface area contributed by atoms with Crippen molar-refractivity contribution in [3.63, 3.8) is 0 Å². The maximum absolute atomic E-state index is 9.73. The summed E-state index contributed by atoms with van der Waals surface area (Å²) < 4.78 is 0. The van der Waals surface area contributed by atoms with Gasteiger partial charge in [-0.25, -0.2) is 0 Å². The van der Waals surface area contributed by atoms with Crippen LogP contribution in [-0.4, -0.2) is 16.6 Å². The van der Waals surface area contributed by atoms with Crippen LogP contribution < -0.4 is 5.73 Å². The van der Waals surface area contributed by atoms with Crippen molar-refractivity contribution in [2.75, 3.05) is 6.54 Å². The molecule has 74 valence electrons. The number of benzene rings is 1. The minimum atomic E-state index is 0.329. The average molecular weight is 190 g/mol. The molecular formula is C11H14N2O. The van der Waals surface area contributed by atoms with Crippen molar-refractivity contribution in [2.45, 2.75) is 13.3 Å². The van der Waals surface area contributed by atoms with Gasteiger partial charge in [-0.15, -0.1) is 0 Å². The Morgan fingerprint density at radius 1 is 1.43 bits per heavy atom. The number of aromatic hydroxyl groups is 1. The van der Waals surface area contributed by atoms with Crippen LogP contribution in [-0.2, 0) is 6.42 Å². The van der Waals surface area contributed by atoms with E-state index in [1.54, 1.807) is 6.07 Å². The summed E-state index contributed by atoms with van der Waals surface area (Å²) in [7, 11) is 0. The van der Waals surface area contributed by atoms with Gasteiger partial charge in [-0.2, -0.15) is 0 Å². The van der Waals surface area contributed by atoms with Crippen LogP contribution in [0.3, 0.4) is 0 Å². The molecule has 14 heavy (non-hydrogen) atoms. The van der Waals surface area contributed by atoms with Gasteiger partial charge in [0.05, 0.1) is 0 Å². The van der Waals surface area contributed by atoms with Gasteiger partial charge in [0.1, 0.15) is 5.75 Å². The van der Waals surface area contributed by atoms with Crippen molar-refractivity contribution in [3.05, 3.63) is 29.5 Å². The Bertz CT molecular complexity index is 460. The van der Waals surface area contributed by atoms with Crippen LogP contribution in [0.15, 0.2) is 18.2 Å². The first kappa shape index (κ1) is 9.09. The predicted molar refractivity (Wildman–Crippen MR) is 57.5 cm³/mol. The summed E-state index contributed by atoms with van der Waals surface area (Å²) in [6, 6.07) is 5.50. The van der Waals surface area contributed by atoms with Crippen LogP contribution in [0, 0.1) is 6.92 Å². The lowest BCUT2D eigenvalue weighted by Gasteiger charge is -1.99. The summed E-state index contributed by atoms with van der Waals surface area (Å²) in [5, 5.41) is 10.6. The summed E-state index contributed by atoms with van der Waals surface area (Å²) in [5.41, 5.74) is 8.73. The topological polar surface area (TPSA) is 62.0 Å². The molecule has 2 aromatic rings.